The SMILES string of the molecule is CCCC(C)(C)OC1CCCCC1. The molecule has 13 heavy (non-hydrogen) atoms. The molecule has 0 N–H and O–H groups in total. The fourth-order valence-corrected chi connectivity index (χ4v) is 2.30. The van der Waals surface area contributed by atoms with Crippen molar-refractivity contribution in [1.82, 2.24) is 0 Å². The molecule has 0 aromatic rings. The summed E-state index contributed by atoms with van der Waals surface area (Å²) in [6.45, 7) is 6.68. The Bertz CT molecular complexity index is 134. The van der Waals surface area contributed by atoms with Crippen molar-refractivity contribution in [2.24, 2.45) is 0 Å². The molecule has 0 spiro atoms. The molecule has 0 bridgehead atoms. The summed E-state index contributed by atoms with van der Waals surface area (Å²) in [7, 11) is 0. The van der Waals surface area contributed by atoms with E-state index in [1.165, 1.54) is 44.9 Å². The quantitative estimate of drug-likeness (QED) is 0.643. The summed E-state index contributed by atoms with van der Waals surface area (Å²) in [6, 6.07) is 0. The Labute approximate surface area is 82.9 Å². The molecule has 78 valence electrons. The lowest BCUT2D eigenvalue weighted by Gasteiger charge is -2.32. The highest BCUT2D eigenvalue weighted by molar-refractivity contribution is 4.73. The van der Waals surface area contributed by atoms with E-state index in [0.29, 0.717) is 6.10 Å². The van der Waals surface area contributed by atoms with Crippen LogP contribution in [0.3, 0.4) is 0 Å². The molecule has 1 rings (SSSR count). The molecule has 0 heterocycles. The minimum atomic E-state index is 0.108. The minimum Gasteiger partial charge on any atom is -0.372 e. The van der Waals surface area contributed by atoms with Gasteiger partial charge in [-0.1, -0.05) is 32.6 Å². The normalized spacial score (nSPS) is 20.5. The van der Waals surface area contributed by atoms with Crippen LogP contribution in [-0.2, 0) is 4.74 Å². The first-order valence-electron chi connectivity index (χ1n) is 5.82. The van der Waals surface area contributed by atoms with E-state index in [2.05, 4.69) is 20.8 Å². The summed E-state index contributed by atoms with van der Waals surface area (Å²) in [5.41, 5.74) is 0.108. The summed E-state index contributed by atoms with van der Waals surface area (Å²) in [5.74, 6) is 0. The highest BCUT2D eigenvalue weighted by Crippen LogP contribution is 2.27. The van der Waals surface area contributed by atoms with Gasteiger partial charge < -0.3 is 4.74 Å². The van der Waals surface area contributed by atoms with Crippen LogP contribution in [-0.4, -0.2) is 11.7 Å². The van der Waals surface area contributed by atoms with E-state index in [1.807, 2.05) is 0 Å². The van der Waals surface area contributed by atoms with Crippen molar-refractivity contribution in [3.63, 3.8) is 0 Å². The predicted octanol–water partition coefficient (Wildman–Crippen LogP) is 3.91. The second-order valence-corrected chi connectivity index (χ2v) is 4.89. The van der Waals surface area contributed by atoms with Crippen molar-refractivity contribution in [2.75, 3.05) is 0 Å². The Kier molecular flexibility index (Phi) is 4.24. The zero-order valence-electron chi connectivity index (χ0n) is 9.44. The third kappa shape index (κ3) is 4.12. The Morgan fingerprint density at radius 3 is 2.31 bits per heavy atom. The fourth-order valence-electron chi connectivity index (χ4n) is 2.30. The molecule has 0 saturated heterocycles. The fraction of sp³-hybridized carbons (Fsp3) is 1.00. The highest BCUT2D eigenvalue weighted by atomic mass is 16.5. The van der Waals surface area contributed by atoms with Crippen LogP contribution in [0.5, 0.6) is 0 Å². The van der Waals surface area contributed by atoms with Gasteiger partial charge in [0, 0.05) is 0 Å². The summed E-state index contributed by atoms with van der Waals surface area (Å²) in [5, 5.41) is 0. The number of hydrogen-bond donors (Lipinski definition) is 0. The van der Waals surface area contributed by atoms with E-state index >= 15 is 0 Å². The molecule has 1 fully saturated rings. The van der Waals surface area contributed by atoms with E-state index in [-0.39, 0.29) is 5.60 Å². The van der Waals surface area contributed by atoms with Crippen LogP contribution in [0.1, 0.15) is 65.7 Å². The molecule has 1 aliphatic rings. The van der Waals surface area contributed by atoms with Crippen LogP contribution < -0.4 is 0 Å². The molecule has 1 aliphatic carbocycles. The Morgan fingerprint density at radius 2 is 1.77 bits per heavy atom. The van der Waals surface area contributed by atoms with Gasteiger partial charge in [0.1, 0.15) is 0 Å². The smallest absolute Gasteiger partial charge is 0.0630 e. The molecule has 0 aliphatic heterocycles. The van der Waals surface area contributed by atoms with Gasteiger partial charge in [0.15, 0.2) is 0 Å². The summed E-state index contributed by atoms with van der Waals surface area (Å²) >= 11 is 0. The average molecular weight is 184 g/mol. The second-order valence-electron chi connectivity index (χ2n) is 4.89. The van der Waals surface area contributed by atoms with Crippen LogP contribution in [0.2, 0.25) is 0 Å². The van der Waals surface area contributed by atoms with E-state index in [4.69, 9.17) is 4.74 Å². The summed E-state index contributed by atoms with van der Waals surface area (Å²) in [4.78, 5) is 0. The monoisotopic (exact) mass is 184 g/mol. The number of ether oxygens (including phenoxy) is 1. The molecular formula is C12H24O. The average Bonchev–Trinajstić information content (AvgIpc) is 2.04. The van der Waals surface area contributed by atoms with Gasteiger partial charge in [0.25, 0.3) is 0 Å². The lowest BCUT2D eigenvalue weighted by molar-refractivity contribution is -0.0885. The predicted molar refractivity (Wildman–Crippen MR) is 56.9 cm³/mol. The third-order valence-corrected chi connectivity index (χ3v) is 2.89. The Balaban J connectivity index is 2.28. The lowest BCUT2D eigenvalue weighted by atomic mass is 9.96. The molecule has 0 unspecified atom stereocenters. The van der Waals surface area contributed by atoms with Crippen LogP contribution in [0.25, 0.3) is 0 Å². The molecule has 0 aromatic carbocycles. The molecule has 0 aromatic heterocycles. The Hall–Kier alpha value is -0.0400. The first kappa shape index (κ1) is 11.0. The molecule has 0 atom stereocenters. The lowest BCUT2D eigenvalue weighted by Crippen LogP contribution is -2.31. The van der Waals surface area contributed by atoms with Gasteiger partial charge in [-0.2, -0.15) is 0 Å². The molecular weight excluding hydrogens is 160 g/mol. The van der Waals surface area contributed by atoms with Crippen LogP contribution in [0, 0.1) is 0 Å². The third-order valence-electron chi connectivity index (χ3n) is 2.89. The first-order valence-corrected chi connectivity index (χ1v) is 5.82. The summed E-state index contributed by atoms with van der Waals surface area (Å²) < 4.78 is 6.12. The van der Waals surface area contributed by atoms with E-state index in [1.54, 1.807) is 0 Å². The highest BCUT2D eigenvalue weighted by Gasteiger charge is 2.23. The molecule has 1 saturated carbocycles. The van der Waals surface area contributed by atoms with E-state index in [9.17, 15) is 0 Å². The van der Waals surface area contributed by atoms with Crippen molar-refractivity contribution in [1.29, 1.82) is 0 Å². The molecule has 1 heteroatoms. The zero-order valence-corrected chi connectivity index (χ0v) is 9.44. The van der Waals surface area contributed by atoms with Gasteiger partial charge >= 0.3 is 0 Å². The van der Waals surface area contributed by atoms with Crippen LogP contribution in [0.4, 0.5) is 0 Å². The standard InChI is InChI=1S/C12H24O/c1-4-10-12(2,3)13-11-8-6-5-7-9-11/h11H,4-10H2,1-3H3. The maximum atomic E-state index is 6.12. The molecule has 0 radical (unpaired) electrons. The maximum Gasteiger partial charge on any atom is 0.0630 e. The van der Waals surface area contributed by atoms with Crippen LogP contribution >= 0.6 is 0 Å². The van der Waals surface area contributed by atoms with Crippen LogP contribution in [0.15, 0.2) is 0 Å². The van der Waals surface area contributed by atoms with Crippen molar-refractivity contribution >= 4 is 0 Å². The first-order chi connectivity index (χ1) is 6.14. The second kappa shape index (κ2) is 4.99. The largest absolute Gasteiger partial charge is 0.372 e. The minimum absolute atomic E-state index is 0.108. The van der Waals surface area contributed by atoms with Gasteiger partial charge in [0.05, 0.1) is 11.7 Å². The summed E-state index contributed by atoms with van der Waals surface area (Å²) in [6.07, 6.45) is 9.67. The number of hydrogen-bond acceptors (Lipinski definition) is 1. The van der Waals surface area contributed by atoms with Gasteiger partial charge in [-0.25, -0.2) is 0 Å². The van der Waals surface area contributed by atoms with Crippen molar-refractivity contribution < 1.29 is 4.74 Å². The van der Waals surface area contributed by atoms with Gasteiger partial charge in [-0.3, -0.25) is 0 Å². The van der Waals surface area contributed by atoms with Gasteiger partial charge in [-0.15, -0.1) is 0 Å². The van der Waals surface area contributed by atoms with Gasteiger partial charge in [-0.05, 0) is 33.1 Å². The van der Waals surface area contributed by atoms with Crippen molar-refractivity contribution in [3.05, 3.63) is 0 Å². The topological polar surface area (TPSA) is 9.23 Å². The Morgan fingerprint density at radius 1 is 1.15 bits per heavy atom. The molecule has 1 nitrogen and oxygen atoms in total. The van der Waals surface area contributed by atoms with E-state index in [0.717, 1.165) is 0 Å². The van der Waals surface area contributed by atoms with Gasteiger partial charge in [0.2, 0.25) is 0 Å². The van der Waals surface area contributed by atoms with Crippen molar-refractivity contribution in [2.45, 2.75) is 77.4 Å². The van der Waals surface area contributed by atoms with Crippen molar-refractivity contribution in [3.8, 4) is 0 Å². The number of rotatable bonds is 4. The zero-order chi connectivity index (χ0) is 9.73. The van der Waals surface area contributed by atoms with E-state index < -0.39 is 0 Å². The maximum absolute atomic E-state index is 6.12. The molecule has 0 amide bonds.